The standard InChI is InChI=1S/C16H24FN3O3S/c17-15-5-3-14(4-6-15)16(19-9-11-23-12-10-19)13-18-24(21,22)20-7-1-2-8-20/h3-6,16,18H,1-2,7-13H2. The lowest BCUT2D eigenvalue weighted by molar-refractivity contribution is 0.0171. The van der Waals surface area contributed by atoms with Crippen molar-refractivity contribution < 1.29 is 17.5 Å². The molecule has 2 heterocycles. The van der Waals surface area contributed by atoms with Gasteiger partial charge in [0.05, 0.1) is 13.2 Å². The molecule has 0 aliphatic carbocycles. The molecule has 1 unspecified atom stereocenters. The smallest absolute Gasteiger partial charge is 0.279 e. The molecule has 2 aliphatic heterocycles. The van der Waals surface area contributed by atoms with E-state index in [0.29, 0.717) is 26.3 Å². The zero-order valence-corrected chi connectivity index (χ0v) is 14.5. The second-order valence-electron chi connectivity index (χ2n) is 6.18. The summed E-state index contributed by atoms with van der Waals surface area (Å²) >= 11 is 0. The van der Waals surface area contributed by atoms with Gasteiger partial charge in [-0.05, 0) is 30.5 Å². The molecule has 0 aromatic heterocycles. The van der Waals surface area contributed by atoms with Gasteiger partial charge in [0.15, 0.2) is 0 Å². The Labute approximate surface area is 142 Å². The minimum atomic E-state index is -3.46. The van der Waals surface area contributed by atoms with Gasteiger partial charge in [-0.3, -0.25) is 4.90 Å². The van der Waals surface area contributed by atoms with E-state index in [1.807, 2.05) is 0 Å². The van der Waals surface area contributed by atoms with Crippen LogP contribution in [0.25, 0.3) is 0 Å². The predicted molar refractivity (Wildman–Crippen MR) is 89.3 cm³/mol. The summed E-state index contributed by atoms with van der Waals surface area (Å²) in [6, 6.07) is 6.14. The molecular formula is C16H24FN3O3S. The lowest BCUT2D eigenvalue weighted by Gasteiger charge is -2.35. The minimum absolute atomic E-state index is 0.133. The van der Waals surface area contributed by atoms with E-state index in [0.717, 1.165) is 31.5 Å². The van der Waals surface area contributed by atoms with Crippen LogP contribution in [0.3, 0.4) is 0 Å². The summed E-state index contributed by atoms with van der Waals surface area (Å²) in [5.41, 5.74) is 0.905. The van der Waals surface area contributed by atoms with Crippen LogP contribution in [0.5, 0.6) is 0 Å². The first-order valence-electron chi connectivity index (χ1n) is 8.38. The lowest BCUT2D eigenvalue weighted by atomic mass is 10.0. The highest BCUT2D eigenvalue weighted by molar-refractivity contribution is 7.87. The molecule has 1 aromatic rings. The number of ether oxygens (including phenoxy) is 1. The average molecular weight is 357 g/mol. The molecule has 8 heteroatoms. The first-order valence-corrected chi connectivity index (χ1v) is 9.82. The lowest BCUT2D eigenvalue weighted by Crippen LogP contribution is -2.46. The van der Waals surface area contributed by atoms with Crippen molar-refractivity contribution in [3.8, 4) is 0 Å². The van der Waals surface area contributed by atoms with Crippen molar-refractivity contribution in [2.75, 3.05) is 45.9 Å². The van der Waals surface area contributed by atoms with E-state index in [2.05, 4.69) is 9.62 Å². The van der Waals surface area contributed by atoms with Crippen molar-refractivity contribution in [2.45, 2.75) is 18.9 Å². The van der Waals surface area contributed by atoms with Crippen LogP contribution in [0.4, 0.5) is 4.39 Å². The Morgan fingerprint density at radius 1 is 1.08 bits per heavy atom. The normalized spacial score (nSPS) is 21.9. The Hall–Kier alpha value is -1.06. The quantitative estimate of drug-likeness (QED) is 0.829. The first-order chi connectivity index (χ1) is 11.6. The van der Waals surface area contributed by atoms with E-state index in [-0.39, 0.29) is 18.4 Å². The van der Waals surface area contributed by atoms with Gasteiger partial charge in [-0.1, -0.05) is 12.1 Å². The molecule has 1 atom stereocenters. The Kier molecular flexibility index (Phi) is 5.83. The fourth-order valence-electron chi connectivity index (χ4n) is 3.24. The molecule has 0 radical (unpaired) electrons. The molecule has 6 nitrogen and oxygen atoms in total. The van der Waals surface area contributed by atoms with Crippen LogP contribution in [0.2, 0.25) is 0 Å². The van der Waals surface area contributed by atoms with E-state index < -0.39 is 10.2 Å². The molecule has 1 aromatic carbocycles. The molecule has 0 bridgehead atoms. The van der Waals surface area contributed by atoms with Gasteiger partial charge in [-0.2, -0.15) is 12.7 Å². The molecule has 2 fully saturated rings. The SMILES string of the molecule is O=S(=O)(NCC(c1ccc(F)cc1)N1CCOCC1)N1CCCC1. The van der Waals surface area contributed by atoms with Gasteiger partial charge in [0, 0.05) is 38.8 Å². The van der Waals surface area contributed by atoms with Crippen molar-refractivity contribution in [3.63, 3.8) is 0 Å². The van der Waals surface area contributed by atoms with Crippen LogP contribution >= 0.6 is 0 Å². The summed E-state index contributed by atoms with van der Waals surface area (Å²) in [5, 5.41) is 0. The molecule has 134 valence electrons. The van der Waals surface area contributed by atoms with Gasteiger partial charge in [-0.25, -0.2) is 9.11 Å². The van der Waals surface area contributed by atoms with E-state index in [4.69, 9.17) is 4.74 Å². The number of hydrogen-bond donors (Lipinski definition) is 1. The Morgan fingerprint density at radius 2 is 1.71 bits per heavy atom. The summed E-state index contributed by atoms with van der Waals surface area (Å²) in [6.45, 7) is 4.13. The van der Waals surface area contributed by atoms with Gasteiger partial charge >= 0.3 is 0 Å². The van der Waals surface area contributed by atoms with Crippen molar-refractivity contribution in [3.05, 3.63) is 35.6 Å². The summed E-state index contributed by atoms with van der Waals surface area (Å²) in [6.07, 6.45) is 1.82. The Bertz CT molecular complexity index is 626. The maximum atomic E-state index is 13.2. The van der Waals surface area contributed by atoms with Crippen LogP contribution in [0.1, 0.15) is 24.4 Å². The predicted octanol–water partition coefficient (Wildman–Crippen LogP) is 1.13. The zero-order chi connectivity index (χ0) is 17.0. The second kappa shape index (κ2) is 7.88. The van der Waals surface area contributed by atoms with Crippen molar-refractivity contribution >= 4 is 10.2 Å². The van der Waals surface area contributed by atoms with Gasteiger partial charge in [0.2, 0.25) is 0 Å². The van der Waals surface area contributed by atoms with Crippen LogP contribution < -0.4 is 4.72 Å². The molecule has 24 heavy (non-hydrogen) atoms. The third-order valence-electron chi connectivity index (χ3n) is 4.61. The summed E-state index contributed by atoms with van der Waals surface area (Å²) in [5.74, 6) is -0.294. The molecule has 1 N–H and O–H groups in total. The van der Waals surface area contributed by atoms with Gasteiger partial charge in [0.1, 0.15) is 5.82 Å². The highest BCUT2D eigenvalue weighted by atomic mass is 32.2. The fraction of sp³-hybridized carbons (Fsp3) is 0.625. The maximum Gasteiger partial charge on any atom is 0.279 e. The van der Waals surface area contributed by atoms with Crippen LogP contribution in [-0.2, 0) is 14.9 Å². The number of halogens is 1. The molecule has 2 saturated heterocycles. The Morgan fingerprint density at radius 3 is 2.33 bits per heavy atom. The van der Waals surface area contributed by atoms with Gasteiger partial charge < -0.3 is 4.74 Å². The summed E-state index contributed by atoms with van der Waals surface area (Å²) < 4.78 is 47.7. The number of benzene rings is 1. The second-order valence-corrected chi connectivity index (χ2v) is 7.93. The first kappa shape index (κ1) is 17.8. The molecule has 2 aliphatic rings. The minimum Gasteiger partial charge on any atom is -0.379 e. The topological polar surface area (TPSA) is 61.9 Å². The molecule has 3 rings (SSSR count). The number of rotatable bonds is 6. The largest absolute Gasteiger partial charge is 0.379 e. The Balaban J connectivity index is 1.73. The van der Waals surface area contributed by atoms with Gasteiger partial charge in [0.25, 0.3) is 10.2 Å². The molecule has 0 amide bonds. The van der Waals surface area contributed by atoms with E-state index >= 15 is 0 Å². The third kappa shape index (κ3) is 4.31. The number of hydrogen-bond acceptors (Lipinski definition) is 4. The number of nitrogens with one attached hydrogen (secondary N) is 1. The van der Waals surface area contributed by atoms with Crippen molar-refractivity contribution in [1.29, 1.82) is 0 Å². The van der Waals surface area contributed by atoms with E-state index in [1.165, 1.54) is 16.4 Å². The third-order valence-corrected chi connectivity index (χ3v) is 6.18. The van der Waals surface area contributed by atoms with Crippen molar-refractivity contribution in [2.24, 2.45) is 0 Å². The number of nitrogens with zero attached hydrogens (tertiary/aromatic N) is 2. The molecule has 0 saturated carbocycles. The van der Waals surface area contributed by atoms with E-state index in [1.54, 1.807) is 12.1 Å². The molecular weight excluding hydrogens is 333 g/mol. The van der Waals surface area contributed by atoms with Crippen LogP contribution in [0.15, 0.2) is 24.3 Å². The fourth-order valence-corrected chi connectivity index (χ4v) is 4.53. The van der Waals surface area contributed by atoms with Crippen LogP contribution in [-0.4, -0.2) is 63.6 Å². The molecule has 0 spiro atoms. The highest BCUT2D eigenvalue weighted by Gasteiger charge is 2.28. The van der Waals surface area contributed by atoms with Gasteiger partial charge in [-0.15, -0.1) is 0 Å². The number of morpholine rings is 1. The average Bonchev–Trinajstić information content (AvgIpc) is 3.13. The maximum absolute atomic E-state index is 13.2. The summed E-state index contributed by atoms with van der Waals surface area (Å²) in [7, 11) is -3.46. The highest BCUT2D eigenvalue weighted by Crippen LogP contribution is 2.22. The van der Waals surface area contributed by atoms with Crippen molar-refractivity contribution in [1.82, 2.24) is 13.9 Å². The monoisotopic (exact) mass is 357 g/mol. The van der Waals surface area contributed by atoms with Crippen LogP contribution in [0, 0.1) is 5.82 Å². The zero-order valence-electron chi connectivity index (χ0n) is 13.7. The summed E-state index contributed by atoms with van der Waals surface area (Å²) in [4.78, 5) is 2.18. The van der Waals surface area contributed by atoms with E-state index in [9.17, 15) is 12.8 Å².